The molecule has 2 aromatic carbocycles. The van der Waals surface area contributed by atoms with Crippen molar-refractivity contribution in [1.29, 1.82) is 0 Å². The van der Waals surface area contributed by atoms with Crippen molar-refractivity contribution < 1.29 is 4.79 Å². The summed E-state index contributed by atoms with van der Waals surface area (Å²) in [6.45, 7) is 0. The highest BCUT2D eigenvalue weighted by molar-refractivity contribution is 7.08. The summed E-state index contributed by atoms with van der Waals surface area (Å²) in [7, 11) is 0. The van der Waals surface area contributed by atoms with Gasteiger partial charge >= 0.3 is 0 Å². The van der Waals surface area contributed by atoms with Gasteiger partial charge in [0.1, 0.15) is 0 Å². The summed E-state index contributed by atoms with van der Waals surface area (Å²) >= 11 is 1.65. The first kappa shape index (κ1) is 10.2. The van der Waals surface area contributed by atoms with E-state index in [4.69, 9.17) is 0 Å². The number of hydrogen-bond donors (Lipinski definition) is 0. The molecule has 17 heavy (non-hydrogen) atoms. The zero-order valence-corrected chi connectivity index (χ0v) is 9.91. The van der Waals surface area contributed by atoms with E-state index in [2.05, 4.69) is 23.6 Å². The van der Waals surface area contributed by atoms with Crippen molar-refractivity contribution in [3.05, 3.63) is 58.8 Å². The average Bonchev–Trinajstić information content (AvgIpc) is 2.91. The Hall–Kier alpha value is -1.93. The summed E-state index contributed by atoms with van der Waals surface area (Å²) in [5, 5.41) is 6.41. The van der Waals surface area contributed by atoms with Crippen molar-refractivity contribution >= 4 is 28.4 Å². The summed E-state index contributed by atoms with van der Waals surface area (Å²) in [6, 6.07) is 14.1. The fraction of sp³-hybridized carbons (Fsp3) is 0. The van der Waals surface area contributed by atoms with Crippen molar-refractivity contribution in [2.75, 3.05) is 0 Å². The third-order valence-corrected chi connectivity index (χ3v) is 3.58. The lowest BCUT2D eigenvalue weighted by Crippen LogP contribution is -1.88. The van der Waals surface area contributed by atoms with E-state index in [9.17, 15) is 4.79 Å². The molecule has 0 saturated carbocycles. The number of carbonyl (C=O) groups is 1. The minimum absolute atomic E-state index is 0.752. The number of thiophene rings is 1. The molecule has 0 radical (unpaired) electrons. The van der Waals surface area contributed by atoms with Gasteiger partial charge in [-0.15, -0.1) is 0 Å². The van der Waals surface area contributed by atoms with Gasteiger partial charge in [-0.05, 0) is 33.2 Å². The second-order valence-electron chi connectivity index (χ2n) is 3.88. The summed E-state index contributed by atoms with van der Waals surface area (Å²) in [6.07, 6.45) is 0.930. The summed E-state index contributed by atoms with van der Waals surface area (Å²) < 4.78 is 0. The standard InChI is InChI=1S/C15H10OS/c16-9-12-6-5-11-3-1-2-4-14(11)15(12)13-7-8-17-10-13/h1-10H. The minimum Gasteiger partial charge on any atom is -0.298 e. The molecule has 0 atom stereocenters. The van der Waals surface area contributed by atoms with E-state index in [1.807, 2.05) is 29.6 Å². The van der Waals surface area contributed by atoms with Crippen molar-refractivity contribution in [1.82, 2.24) is 0 Å². The predicted octanol–water partition coefficient (Wildman–Crippen LogP) is 4.38. The SMILES string of the molecule is O=Cc1ccc2ccccc2c1-c1ccsc1. The molecule has 0 aliphatic carbocycles. The van der Waals surface area contributed by atoms with E-state index in [0.29, 0.717) is 0 Å². The largest absolute Gasteiger partial charge is 0.298 e. The quantitative estimate of drug-likeness (QED) is 0.605. The predicted molar refractivity (Wildman–Crippen MR) is 72.6 cm³/mol. The maximum absolute atomic E-state index is 11.2. The van der Waals surface area contributed by atoms with Crippen LogP contribution in [0.15, 0.2) is 53.2 Å². The van der Waals surface area contributed by atoms with E-state index >= 15 is 0 Å². The Balaban J connectivity index is 2.43. The first-order chi connectivity index (χ1) is 8.40. The number of hydrogen-bond acceptors (Lipinski definition) is 2. The number of carbonyl (C=O) groups excluding carboxylic acids is 1. The highest BCUT2D eigenvalue weighted by Gasteiger charge is 2.09. The van der Waals surface area contributed by atoms with Gasteiger partial charge in [-0.25, -0.2) is 0 Å². The van der Waals surface area contributed by atoms with Crippen LogP contribution >= 0.6 is 11.3 Å². The first-order valence-corrected chi connectivity index (χ1v) is 6.34. The van der Waals surface area contributed by atoms with Gasteiger partial charge in [-0.1, -0.05) is 36.4 Å². The molecule has 0 N–H and O–H groups in total. The zero-order valence-electron chi connectivity index (χ0n) is 9.09. The van der Waals surface area contributed by atoms with Crippen LogP contribution < -0.4 is 0 Å². The fourth-order valence-corrected chi connectivity index (χ4v) is 2.76. The monoisotopic (exact) mass is 238 g/mol. The molecule has 0 saturated heterocycles. The van der Waals surface area contributed by atoms with Crippen molar-refractivity contribution in [3.63, 3.8) is 0 Å². The molecule has 0 bridgehead atoms. The molecule has 1 nitrogen and oxygen atoms in total. The Morgan fingerprint density at radius 1 is 1.00 bits per heavy atom. The molecule has 1 heterocycles. The molecule has 0 fully saturated rings. The Morgan fingerprint density at radius 2 is 1.88 bits per heavy atom. The third-order valence-electron chi connectivity index (χ3n) is 2.90. The minimum atomic E-state index is 0.752. The van der Waals surface area contributed by atoms with Crippen LogP contribution in [0.3, 0.4) is 0 Å². The maximum Gasteiger partial charge on any atom is 0.150 e. The molecule has 82 valence electrons. The first-order valence-electron chi connectivity index (χ1n) is 5.39. The van der Waals surface area contributed by atoms with Crippen LogP contribution in [0.2, 0.25) is 0 Å². The second-order valence-corrected chi connectivity index (χ2v) is 4.66. The van der Waals surface area contributed by atoms with Crippen molar-refractivity contribution in [2.45, 2.75) is 0 Å². The lowest BCUT2D eigenvalue weighted by Gasteiger charge is -2.07. The van der Waals surface area contributed by atoms with Gasteiger partial charge in [-0.3, -0.25) is 4.79 Å². The van der Waals surface area contributed by atoms with Crippen LogP contribution in [-0.2, 0) is 0 Å². The maximum atomic E-state index is 11.2. The van der Waals surface area contributed by atoms with Crippen LogP contribution in [0.5, 0.6) is 0 Å². The van der Waals surface area contributed by atoms with Gasteiger partial charge in [0.25, 0.3) is 0 Å². The number of fused-ring (bicyclic) bond motifs is 1. The Labute approximate surface area is 103 Å². The Kier molecular flexibility index (Phi) is 2.50. The molecule has 0 aliphatic heterocycles. The van der Waals surface area contributed by atoms with Gasteiger partial charge in [-0.2, -0.15) is 11.3 Å². The second kappa shape index (κ2) is 4.15. The van der Waals surface area contributed by atoms with E-state index in [1.165, 1.54) is 5.39 Å². The van der Waals surface area contributed by atoms with Crippen LogP contribution in [0.4, 0.5) is 0 Å². The van der Waals surface area contributed by atoms with Crippen LogP contribution in [-0.4, -0.2) is 6.29 Å². The molecule has 0 aliphatic rings. The molecular weight excluding hydrogens is 228 g/mol. The number of aldehydes is 1. The molecule has 2 heteroatoms. The number of benzene rings is 2. The highest BCUT2D eigenvalue weighted by atomic mass is 32.1. The molecular formula is C15H10OS. The highest BCUT2D eigenvalue weighted by Crippen LogP contribution is 2.32. The average molecular weight is 238 g/mol. The lowest BCUT2D eigenvalue weighted by atomic mass is 9.95. The molecule has 3 rings (SSSR count). The number of rotatable bonds is 2. The normalized spacial score (nSPS) is 10.6. The van der Waals surface area contributed by atoms with Crippen molar-refractivity contribution in [3.8, 4) is 11.1 Å². The van der Waals surface area contributed by atoms with Gasteiger partial charge in [0.2, 0.25) is 0 Å². The Morgan fingerprint density at radius 3 is 2.65 bits per heavy atom. The topological polar surface area (TPSA) is 17.1 Å². The van der Waals surface area contributed by atoms with E-state index in [-0.39, 0.29) is 0 Å². The molecule has 3 aromatic rings. The van der Waals surface area contributed by atoms with Crippen LogP contribution in [0.25, 0.3) is 21.9 Å². The van der Waals surface area contributed by atoms with E-state index in [1.54, 1.807) is 11.3 Å². The van der Waals surface area contributed by atoms with E-state index in [0.717, 1.165) is 28.4 Å². The zero-order chi connectivity index (χ0) is 11.7. The fourth-order valence-electron chi connectivity index (χ4n) is 2.12. The van der Waals surface area contributed by atoms with Gasteiger partial charge in [0, 0.05) is 11.1 Å². The van der Waals surface area contributed by atoms with Crippen molar-refractivity contribution in [2.24, 2.45) is 0 Å². The molecule has 0 amide bonds. The molecule has 0 unspecified atom stereocenters. The lowest BCUT2D eigenvalue weighted by molar-refractivity contribution is 0.112. The third kappa shape index (κ3) is 1.67. The Bertz CT molecular complexity index is 668. The van der Waals surface area contributed by atoms with Gasteiger partial charge in [0.05, 0.1) is 0 Å². The molecule has 1 aromatic heterocycles. The van der Waals surface area contributed by atoms with Gasteiger partial charge in [0.15, 0.2) is 6.29 Å². The summed E-state index contributed by atoms with van der Waals surface area (Å²) in [5.74, 6) is 0. The van der Waals surface area contributed by atoms with Crippen LogP contribution in [0, 0.1) is 0 Å². The van der Waals surface area contributed by atoms with Gasteiger partial charge < -0.3 is 0 Å². The summed E-state index contributed by atoms with van der Waals surface area (Å²) in [5.41, 5.74) is 2.91. The molecule has 0 spiro atoms. The van der Waals surface area contributed by atoms with Crippen LogP contribution in [0.1, 0.15) is 10.4 Å². The summed E-state index contributed by atoms with van der Waals surface area (Å²) in [4.78, 5) is 11.2. The van der Waals surface area contributed by atoms with E-state index < -0.39 is 0 Å². The smallest absolute Gasteiger partial charge is 0.150 e.